The monoisotopic (exact) mass is 188 g/mol. The van der Waals surface area contributed by atoms with E-state index < -0.39 is 0 Å². The molecule has 0 saturated carbocycles. The topological polar surface area (TPSA) is 0 Å². The largest absolute Gasteiger partial charge is 0.206 e. The molecule has 1 rings (SSSR count). The maximum atomic E-state index is 13.2. The molecule has 0 aromatic heterocycles. The van der Waals surface area contributed by atoms with Crippen LogP contribution in [0, 0.1) is 18.2 Å². The van der Waals surface area contributed by atoms with Crippen molar-refractivity contribution in [2.45, 2.75) is 19.8 Å². The van der Waals surface area contributed by atoms with Crippen LogP contribution >= 0.6 is 0 Å². The van der Waals surface area contributed by atoms with Gasteiger partial charge in [-0.2, -0.15) is 0 Å². The summed E-state index contributed by atoms with van der Waals surface area (Å²) in [5.41, 5.74) is 1.17. The average Bonchev–Trinajstić information content (AvgIpc) is 2.18. The van der Waals surface area contributed by atoms with Crippen molar-refractivity contribution in [1.29, 1.82) is 0 Å². The van der Waals surface area contributed by atoms with Crippen LogP contribution in [-0.4, -0.2) is 0 Å². The van der Waals surface area contributed by atoms with Crippen molar-refractivity contribution in [3.05, 3.63) is 41.2 Å². The second kappa shape index (κ2) is 5.24. The fourth-order valence-electron chi connectivity index (χ4n) is 1.14. The summed E-state index contributed by atoms with van der Waals surface area (Å²) in [6.45, 7) is 2.10. The van der Waals surface area contributed by atoms with Gasteiger partial charge in [-0.3, -0.25) is 0 Å². The summed E-state index contributed by atoms with van der Waals surface area (Å²) in [5.74, 6) is 1.96. The van der Waals surface area contributed by atoms with Crippen LogP contribution in [-0.2, 0) is 0 Å². The van der Waals surface area contributed by atoms with Gasteiger partial charge < -0.3 is 0 Å². The SMILES string of the molecule is C#Cc1ccc(/C=C/CCC)cc1F. The number of hydrogen-bond acceptors (Lipinski definition) is 0. The highest BCUT2D eigenvalue weighted by Crippen LogP contribution is 2.11. The maximum Gasteiger partial charge on any atom is 0.139 e. The predicted molar refractivity (Wildman–Crippen MR) is 58.3 cm³/mol. The minimum Gasteiger partial charge on any atom is -0.206 e. The van der Waals surface area contributed by atoms with E-state index in [1.165, 1.54) is 6.07 Å². The van der Waals surface area contributed by atoms with Crippen molar-refractivity contribution < 1.29 is 4.39 Å². The molecule has 0 heterocycles. The molecule has 0 radical (unpaired) electrons. The summed E-state index contributed by atoms with van der Waals surface area (Å²) >= 11 is 0. The zero-order valence-electron chi connectivity index (χ0n) is 8.26. The first kappa shape index (κ1) is 10.5. The van der Waals surface area contributed by atoms with E-state index in [9.17, 15) is 4.39 Å². The zero-order valence-corrected chi connectivity index (χ0v) is 8.26. The molecule has 0 aliphatic heterocycles. The molecule has 0 atom stereocenters. The van der Waals surface area contributed by atoms with E-state index in [0.717, 1.165) is 18.4 Å². The van der Waals surface area contributed by atoms with Crippen molar-refractivity contribution in [2.75, 3.05) is 0 Å². The van der Waals surface area contributed by atoms with E-state index in [0.29, 0.717) is 5.56 Å². The van der Waals surface area contributed by atoms with Gasteiger partial charge in [-0.25, -0.2) is 4.39 Å². The molecule has 0 N–H and O–H groups in total. The number of unbranched alkanes of at least 4 members (excludes halogenated alkanes) is 1. The van der Waals surface area contributed by atoms with Gasteiger partial charge in [0.25, 0.3) is 0 Å². The van der Waals surface area contributed by atoms with Gasteiger partial charge in [0.05, 0.1) is 5.56 Å². The van der Waals surface area contributed by atoms with Gasteiger partial charge in [0.1, 0.15) is 5.82 Å². The van der Waals surface area contributed by atoms with E-state index in [2.05, 4.69) is 12.8 Å². The molecule has 0 spiro atoms. The van der Waals surface area contributed by atoms with Crippen LogP contribution in [0.3, 0.4) is 0 Å². The number of terminal acetylenes is 1. The van der Waals surface area contributed by atoms with Crippen LogP contribution < -0.4 is 0 Å². The highest BCUT2D eigenvalue weighted by Gasteiger charge is 1.97. The zero-order chi connectivity index (χ0) is 10.4. The predicted octanol–water partition coefficient (Wildman–Crippen LogP) is 3.62. The molecule has 0 nitrogen and oxygen atoms in total. The Morgan fingerprint density at radius 3 is 2.86 bits per heavy atom. The third-order valence-corrected chi connectivity index (χ3v) is 1.91. The minimum absolute atomic E-state index is 0.317. The lowest BCUT2D eigenvalue weighted by molar-refractivity contribution is 0.624. The van der Waals surface area contributed by atoms with Gasteiger partial charge >= 0.3 is 0 Å². The molecule has 0 aliphatic rings. The van der Waals surface area contributed by atoms with Crippen molar-refractivity contribution >= 4 is 6.08 Å². The smallest absolute Gasteiger partial charge is 0.139 e. The van der Waals surface area contributed by atoms with Crippen LogP contribution in [0.25, 0.3) is 6.08 Å². The summed E-state index contributed by atoms with van der Waals surface area (Å²) in [6, 6.07) is 4.91. The molecule has 0 unspecified atom stereocenters. The van der Waals surface area contributed by atoms with Gasteiger partial charge in [0, 0.05) is 0 Å². The third kappa shape index (κ3) is 2.74. The Kier molecular flexibility index (Phi) is 3.94. The van der Waals surface area contributed by atoms with Crippen LogP contribution in [0.5, 0.6) is 0 Å². The number of halogens is 1. The fraction of sp³-hybridized carbons (Fsp3) is 0.231. The van der Waals surface area contributed by atoms with Crippen LogP contribution in [0.15, 0.2) is 24.3 Å². The highest BCUT2D eigenvalue weighted by atomic mass is 19.1. The Bertz CT molecular complexity index is 369. The highest BCUT2D eigenvalue weighted by molar-refractivity contribution is 5.51. The number of allylic oxidation sites excluding steroid dienone is 1. The molecular weight excluding hydrogens is 175 g/mol. The molecule has 72 valence electrons. The van der Waals surface area contributed by atoms with E-state index >= 15 is 0 Å². The Balaban J connectivity index is 2.82. The molecule has 0 amide bonds. The minimum atomic E-state index is -0.328. The van der Waals surface area contributed by atoms with Crippen molar-refractivity contribution in [2.24, 2.45) is 0 Å². The lowest BCUT2D eigenvalue weighted by atomic mass is 10.1. The Hall–Kier alpha value is -1.55. The second-order valence-electron chi connectivity index (χ2n) is 3.07. The summed E-state index contributed by atoms with van der Waals surface area (Å²) in [4.78, 5) is 0. The van der Waals surface area contributed by atoms with E-state index in [1.807, 2.05) is 18.2 Å². The van der Waals surface area contributed by atoms with Gasteiger partial charge in [-0.05, 0) is 24.1 Å². The Morgan fingerprint density at radius 1 is 1.50 bits per heavy atom. The second-order valence-corrected chi connectivity index (χ2v) is 3.07. The first-order valence-electron chi connectivity index (χ1n) is 4.70. The summed E-state index contributed by atoms with van der Waals surface area (Å²) in [6.07, 6.45) is 11.2. The van der Waals surface area contributed by atoms with Crippen molar-refractivity contribution in [3.8, 4) is 12.3 Å². The van der Waals surface area contributed by atoms with Gasteiger partial charge in [-0.15, -0.1) is 6.42 Å². The normalized spacial score (nSPS) is 10.4. The lowest BCUT2D eigenvalue weighted by Gasteiger charge is -1.96. The summed E-state index contributed by atoms with van der Waals surface area (Å²) in [7, 11) is 0. The Morgan fingerprint density at radius 2 is 2.29 bits per heavy atom. The van der Waals surface area contributed by atoms with E-state index in [4.69, 9.17) is 6.42 Å². The van der Waals surface area contributed by atoms with Gasteiger partial charge in [-0.1, -0.05) is 37.5 Å². The summed E-state index contributed by atoms with van der Waals surface area (Å²) in [5, 5.41) is 0. The van der Waals surface area contributed by atoms with Crippen LogP contribution in [0.1, 0.15) is 30.9 Å². The lowest BCUT2D eigenvalue weighted by Crippen LogP contribution is -1.83. The maximum absolute atomic E-state index is 13.2. The first-order chi connectivity index (χ1) is 6.77. The number of hydrogen-bond donors (Lipinski definition) is 0. The molecule has 1 aromatic rings. The number of rotatable bonds is 3. The van der Waals surface area contributed by atoms with Crippen LogP contribution in [0.4, 0.5) is 4.39 Å². The molecule has 0 aliphatic carbocycles. The van der Waals surface area contributed by atoms with E-state index in [1.54, 1.807) is 6.07 Å². The third-order valence-electron chi connectivity index (χ3n) is 1.91. The average molecular weight is 188 g/mol. The molecule has 0 bridgehead atoms. The van der Waals surface area contributed by atoms with Gasteiger partial charge in [0.2, 0.25) is 0 Å². The Labute approximate surface area is 84.5 Å². The molecule has 14 heavy (non-hydrogen) atoms. The first-order valence-corrected chi connectivity index (χ1v) is 4.70. The van der Waals surface area contributed by atoms with Crippen molar-refractivity contribution in [1.82, 2.24) is 0 Å². The number of benzene rings is 1. The van der Waals surface area contributed by atoms with Crippen molar-refractivity contribution in [3.63, 3.8) is 0 Å². The quantitative estimate of drug-likeness (QED) is 0.635. The fourth-order valence-corrected chi connectivity index (χ4v) is 1.14. The molecule has 1 heteroatoms. The molecule has 1 aromatic carbocycles. The molecule has 0 saturated heterocycles. The van der Waals surface area contributed by atoms with Gasteiger partial charge in [0.15, 0.2) is 0 Å². The van der Waals surface area contributed by atoms with Crippen LogP contribution in [0.2, 0.25) is 0 Å². The van der Waals surface area contributed by atoms with E-state index in [-0.39, 0.29) is 5.82 Å². The standard InChI is InChI=1S/C13H13F/c1-3-5-6-7-11-8-9-12(4-2)13(14)10-11/h2,6-10H,3,5H2,1H3/b7-6+. The molecular formula is C13H13F. The molecule has 0 fully saturated rings. The summed E-state index contributed by atoms with van der Waals surface area (Å²) < 4.78 is 13.2.